The molecule has 0 aromatic carbocycles. The van der Waals surface area contributed by atoms with E-state index in [0.717, 1.165) is 51.9 Å². The van der Waals surface area contributed by atoms with E-state index in [0.29, 0.717) is 5.92 Å². The smallest absolute Gasteiger partial charge is 0.107 e. The lowest BCUT2D eigenvalue weighted by Crippen LogP contribution is -2.45. The SMILES string of the molecule is NCCCCCCNC(O)C1CCN(N)CC1. The third-order valence-corrected chi connectivity index (χ3v) is 3.51. The van der Waals surface area contributed by atoms with Crippen molar-refractivity contribution in [1.82, 2.24) is 10.3 Å². The monoisotopic (exact) mass is 244 g/mol. The molecule has 1 aliphatic rings. The standard InChI is InChI=1S/C12H28N4O/c13-7-3-1-2-4-8-15-12(17)11-5-9-16(14)10-6-11/h11-12,15,17H,1-10,13-14H2. The number of nitrogens with two attached hydrogens (primary N) is 2. The molecular weight excluding hydrogens is 216 g/mol. The van der Waals surface area contributed by atoms with Gasteiger partial charge < -0.3 is 10.8 Å². The normalized spacial score (nSPS) is 20.6. The van der Waals surface area contributed by atoms with Crippen LogP contribution in [0.1, 0.15) is 38.5 Å². The molecule has 5 nitrogen and oxygen atoms in total. The van der Waals surface area contributed by atoms with Crippen LogP contribution in [0.15, 0.2) is 0 Å². The van der Waals surface area contributed by atoms with Crippen LogP contribution in [0.25, 0.3) is 0 Å². The average Bonchev–Trinajstić information content (AvgIpc) is 2.34. The minimum absolute atomic E-state index is 0.360. The molecule has 1 fully saturated rings. The zero-order chi connectivity index (χ0) is 12.5. The van der Waals surface area contributed by atoms with Gasteiger partial charge in [-0.05, 0) is 38.8 Å². The van der Waals surface area contributed by atoms with Gasteiger partial charge in [-0.15, -0.1) is 0 Å². The molecule has 1 rings (SSSR count). The molecule has 0 aromatic heterocycles. The van der Waals surface area contributed by atoms with Crippen LogP contribution >= 0.6 is 0 Å². The highest BCUT2D eigenvalue weighted by Crippen LogP contribution is 2.17. The molecule has 0 spiro atoms. The largest absolute Gasteiger partial charge is 0.378 e. The quantitative estimate of drug-likeness (QED) is 0.274. The van der Waals surface area contributed by atoms with Gasteiger partial charge in [0.2, 0.25) is 0 Å². The lowest BCUT2D eigenvalue weighted by Gasteiger charge is -2.31. The van der Waals surface area contributed by atoms with E-state index in [-0.39, 0.29) is 6.23 Å². The van der Waals surface area contributed by atoms with E-state index in [1.807, 2.05) is 5.01 Å². The lowest BCUT2D eigenvalue weighted by molar-refractivity contribution is 0.0357. The Labute approximate surface area is 105 Å². The van der Waals surface area contributed by atoms with Gasteiger partial charge in [0.05, 0.1) is 0 Å². The van der Waals surface area contributed by atoms with Crippen molar-refractivity contribution in [2.24, 2.45) is 17.5 Å². The first kappa shape index (κ1) is 14.9. The average molecular weight is 244 g/mol. The summed E-state index contributed by atoms with van der Waals surface area (Å²) >= 11 is 0. The maximum atomic E-state index is 9.97. The van der Waals surface area contributed by atoms with Gasteiger partial charge in [0.1, 0.15) is 6.23 Å². The van der Waals surface area contributed by atoms with Crippen molar-refractivity contribution in [3.05, 3.63) is 0 Å². The van der Waals surface area contributed by atoms with Crippen molar-refractivity contribution in [2.75, 3.05) is 26.2 Å². The molecule has 5 heteroatoms. The molecule has 17 heavy (non-hydrogen) atoms. The molecule has 1 heterocycles. The third kappa shape index (κ3) is 6.33. The van der Waals surface area contributed by atoms with Crippen LogP contribution in [0.5, 0.6) is 0 Å². The summed E-state index contributed by atoms with van der Waals surface area (Å²) in [7, 11) is 0. The number of unbranched alkanes of at least 4 members (excludes halogenated alkanes) is 3. The van der Waals surface area contributed by atoms with Crippen molar-refractivity contribution >= 4 is 0 Å². The number of hydrogen-bond acceptors (Lipinski definition) is 5. The van der Waals surface area contributed by atoms with Crippen LogP contribution in [-0.2, 0) is 0 Å². The number of hydrogen-bond donors (Lipinski definition) is 4. The maximum absolute atomic E-state index is 9.97. The Balaban J connectivity index is 1.99. The summed E-state index contributed by atoms with van der Waals surface area (Å²) < 4.78 is 0. The minimum atomic E-state index is -0.363. The molecule has 0 amide bonds. The van der Waals surface area contributed by atoms with E-state index in [4.69, 9.17) is 11.6 Å². The molecule has 0 radical (unpaired) electrons. The van der Waals surface area contributed by atoms with E-state index < -0.39 is 0 Å². The molecule has 1 atom stereocenters. The highest BCUT2D eigenvalue weighted by Gasteiger charge is 2.23. The van der Waals surface area contributed by atoms with Crippen LogP contribution < -0.4 is 16.9 Å². The molecule has 1 unspecified atom stereocenters. The number of nitrogens with one attached hydrogen (secondary N) is 1. The summed E-state index contributed by atoms with van der Waals surface area (Å²) in [4.78, 5) is 0. The first-order chi connectivity index (χ1) is 8.24. The topological polar surface area (TPSA) is 87.5 Å². The molecule has 0 bridgehead atoms. The van der Waals surface area contributed by atoms with Gasteiger partial charge >= 0.3 is 0 Å². The van der Waals surface area contributed by atoms with Crippen molar-refractivity contribution in [1.29, 1.82) is 0 Å². The van der Waals surface area contributed by atoms with Crippen molar-refractivity contribution in [2.45, 2.75) is 44.8 Å². The molecule has 0 aromatic rings. The second-order valence-electron chi connectivity index (χ2n) is 4.98. The Hall–Kier alpha value is -0.200. The molecule has 6 N–H and O–H groups in total. The Kier molecular flexibility index (Phi) is 7.72. The molecular formula is C12H28N4O. The van der Waals surface area contributed by atoms with Crippen molar-refractivity contribution in [3.63, 3.8) is 0 Å². The van der Waals surface area contributed by atoms with Gasteiger partial charge in [0.15, 0.2) is 0 Å². The van der Waals surface area contributed by atoms with Crippen molar-refractivity contribution in [3.8, 4) is 0 Å². The van der Waals surface area contributed by atoms with Crippen LogP contribution in [0.4, 0.5) is 0 Å². The molecule has 1 saturated heterocycles. The van der Waals surface area contributed by atoms with E-state index in [2.05, 4.69) is 5.32 Å². The number of piperidine rings is 1. The Morgan fingerprint density at radius 3 is 2.47 bits per heavy atom. The second-order valence-corrected chi connectivity index (χ2v) is 4.98. The molecule has 0 aliphatic carbocycles. The van der Waals surface area contributed by atoms with Crippen LogP contribution in [0.2, 0.25) is 0 Å². The highest BCUT2D eigenvalue weighted by molar-refractivity contribution is 4.74. The van der Waals surface area contributed by atoms with Gasteiger partial charge in [0.25, 0.3) is 0 Å². The first-order valence-electron chi connectivity index (χ1n) is 6.85. The number of rotatable bonds is 8. The maximum Gasteiger partial charge on any atom is 0.107 e. The summed E-state index contributed by atoms with van der Waals surface area (Å²) in [5.41, 5.74) is 5.43. The number of aliphatic hydroxyl groups excluding tert-OH is 1. The van der Waals surface area contributed by atoms with Gasteiger partial charge in [-0.3, -0.25) is 11.2 Å². The van der Waals surface area contributed by atoms with Gasteiger partial charge in [-0.25, -0.2) is 5.01 Å². The Bertz CT molecular complexity index is 183. The zero-order valence-electron chi connectivity index (χ0n) is 10.8. The summed E-state index contributed by atoms with van der Waals surface area (Å²) in [6.45, 7) is 3.46. The summed E-state index contributed by atoms with van der Waals surface area (Å²) in [6, 6.07) is 0. The lowest BCUT2D eigenvalue weighted by atomic mass is 9.96. The van der Waals surface area contributed by atoms with Gasteiger partial charge in [0, 0.05) is 19.0 Å². The fraction of sp³-hybridized carbons (Fsp3) is 1.00. The third-order valence-electron chi connectivity index (χ3n) is 3.51. The minimum Gasteiger partial charge on any atom is -0.378 e. The predicted molar refractivity (Wildman–Crippen MR) is 70.0 cm³/mol. The first-order valence-corrected chi connectivity index (χ1v) is 6.85. The number of nitrogens with zero attached hydrogens (tertiary/aromatic N) is 1. The molecule has 1 aliphatic heterocycles. The summed E-state index contributed by atoms with van der Waals surface area (Å²) in [5.74, 6) is 6.05. The second kappa shape index (κ2) is 8.83. The Morgan fingerprint density at radius 1 is 1.18 bits per heavy atom. The zero-order valence-corrected chi connectivity index (χ0v) is 10.8. The number of aliphatic hydroxyl groups is 1. The number of hydrazine groups is 1. The molecule has 102 valence electrons. The van der Waals surface area contributed by atoms with Crippen molar-refractivity contribution < 1.29 is 5.11 Å². The van der Waals surface area contributed by atoms with E-state index in [1.165, 1.54) is 12.8 Å². The summed E-state index contributed by atoms with van der Waals surface area (Å²) in [5, 5.41) is 15.0. The van der Waals surface area contributed by atoms with Crippen LogP contribution in [-0.4, -0.2) is 42.5 Å². The Morgan fingerprint density at radius 2 is 1.82 bits per heavy atom. The molecule has 0 saturated carbocycles. The van der Waals surface area contributed by atoms with Crippen LogP contribution in [0, 0.1) is 5.92 Å². The van der Waals surface area contributed by atoms with E-state index in [1.54, 1.807) is 0 Å². The summed E-state index contributed by atoms with van der Waals surface area (Å²) in [6.07, 6.45) is 6.22. The fourth-order valence-electron chi connectivity index (χ4n) is 2.27. The van der Waals surface area contributed by atoms with Gasteiger partial charge in [-0.1, -0.05) is 12.8 Å². The van der Waals surface area contributed by atoms with Crippen LogP contribution in [0.3, 0.4) is 0 Å². The predicted octanol–water partition coefficient (Wildman–Crippen LogP) is -0.000800. The van der Waals surface area contributed by atoms with E-state index in [9.17, 15) is 5.11 Å². The highest BCUT2D eigenvalue weighted by atomic mass is 16.3. The van der Waals surface area contributed by atoms with E-state index >= 15 is 0 Å². The fourth-order valence-corrected chi connectivity index (χ4v) is 2.27. The van der Waals surface area contributed by atoms with Gasteiger partial charge in [-0.2, -0.15) is 0 Å².